The van der Waals surface area contributed by atoms with E-state index in [9.17, 15) is 0 Å². The molecule has 1 aromatic heterocycles. The first kappa shape index (κ1) is 12.8. The van der Waals surface area contributed by atoms with Gasteiger partial charge in [0.05, 0.1) is 19.3 Å². The number of nitrogens with zero attached hydrogens (tertiary/aromatic N) is 3. The van der Waals surface area contributed by atoms with Gasteiger partial charge in [0, 0.05) is 43.6 Å². The molecule has 19 heavy (non-hydrogen) atoms. The maximum absolute atomic E-state index is 9.13. The topological polar surface area (TPSA) is 70.5 Å². The van der Waals surface area contributed by atoms with E-state index in [0.717, 1.165) is 24.6 Å². The normalized spacial score (nSPS) is 23.6. The molecule has 3 rings (SSSR count). The third kappa shape index (κ3) is 3.40. The van der Waals surface area contributed by atoms with E-state index < -0.39 is 0 Å². The second-order valence-electron chi connectivity index (χ2n) is 5.17. The number of ether oxygens (including phenoxy) is 1. The fourth-order valence-electron chi connectivity index (χ4n) is 2.16. The number of rotatable bonds is 5. The number of hydrogen-bond acceptors (Lipinski definition) is 6. The largest absolute Gasteiger partial charge is 0.394 e. The minimum Gasteiger partial charge on any atom is -0.394 e. The molecule has 1 atom stereocenters. The van der Waals surface area contributed by atoms with Crippen LogP contribution < -0.4 is 10.2 Å². The highest BCUT2D eigenvalue weighted by atomic mass is 16.5. The molecule has 104 valence electrons. The van der Waals surface area contributed by atoms with Gasteiger partial charge in [-0.3, -0.25) is 0 Å². The Morgan fingerprint density at radius 3 is 2.84 bits per heavy atom. The lowest BCUT2D eigenvalue weighted by molar-refractivity contribution is 0.00314. The van der Waals surface area contributed by atoms with Gasteiger partial charge in [-0.15, -0.1) is 0 Å². The highest BCUT2D eigenvalue weighted by molar-refractivity contribution is 5.30. The Labute approximate surface area is 112 Å². The number of nitrogens with one attached hydrogen (secondary N) is 1. The molecule has 6 nitrogen and oxygen atoms in total. The quantitative estimate of drug-likeness (QED) is 0.775. The van der Waals surface area contributed by atoms with E-state index in [0.29, 0.717) is 19.2 Å². The Morgan fingerprint density at radius 2 is 2.16 bits per heavy atom. The number of aliphatic hydroxyl groups excluding tert-OH is 1. The van der Waals surface area contributed by atoms with E-state index in [1.54, 1.807) is 0 Å². The van der Waals surface area contributed by atoms with Crippen molar-refractivity contribution in [1.82, 2.24) is 15.3 Å². The summed E-state index contributed by atoms with van der Waals surface area (Å²) in [6.45, 7) is 2.92. The standard InChI is InChI=1S/C13H20N4O2/c18-9-12-8-17(3-4-19-12)13-15-6-10(7-16-13)5-14-11-1-2-11/h6-7,11-12,14,18H,1-5,8-9H2. The average molecular weight is 264 g/mol. The number of morpholine rings is 1. The van der Waals surface area contributed by atoms with Gasteiger partial charge in [-0.05, 0) is 12.8 Å². The molecule has 1 aliphatic carbocycles. The number of aliphatic hydroxyl groups is 1. The lowest BCUT2D eigenvalue weighted by Crippen LogP contribution is -2.44. The zero-order valence-electron chi connectivity index (χ0n) is 11.0. The van der Waals surface area contributed by atoms with Crippen LogP contribution in [0.4, 0.5) is 5.95 Å². The van der Waals surface area contributed by atoms with Gasteiger partial charge in [-0.2, -0.15) is 0 Å². The second-order valence-corrected chi connectivity index (χ2v) is 5.17. The number of anilines is 1. The molecule has 1 aromatic rings. The lowest BCUT2D eigenvalue weighted by Gasteiger charge is -2.31. The second kappa shape index (κ2) is 5.81. The first-order valence-corrected chi connectivity index (χ1v) is 6.87. The van der Waals surface area contributed by atoms with Gasteiger partial charge < -0.3 is 20.1 Å². The molecule has 2 heterocycles. The molecule has 1 saturated heterocycles. The Morgan fingerprint density at radius 1 is 1.37 bits per heavy atom. The van der Waals surface area contributed by atoms with Crippen molar-refractivity contribution >= 4 is 5.95 Å². The fourth-order valence-corrected chi connectivity index (χ4v) is 2.16. The van der Waals surface area contributed by atoms with Crippen molar-refractivity contribution in [2.45, 2.75) is 31.5 Å². The van der Waals surface area contributed by atoms with E-state index >= 15 is 0 Å². The van der Waals surface area contributed by atoms with Crippen molar-refractivity contribution in [2.75, 3.05) is 31.2 Å². The summed E-state index contributed by atoms with van der Waals surface area (Å²) in [7, 11) is 0. The highest BCUT2D eigenvalue weighted by Crippen LogP contribution is 2.19. The average Bonchev–Trinajstić information content (AvgIpc) is 3.30. The molecule has 0 spiro atoms. The molecule has 2 aliphatic rings. The van der Waals surface area contributed by atoms with Crippen LogP contribution in [-0.4, -0.2) is 53.5 Å². The zero-order valence-corrected chi connectivity index (χ0v) is 11.0. The summed E-state index contributed by atoms with van der Waals surface area (Å²) in [4.78, 5) is 10.9. The minimum absolute atomic E-state index is 0.0416. The first-order chi connectivity index (χ1) is 9.35. The van der Waals surface area contributed by atoms with E-state index in [4.69, 9.17) is 9.84 Å². The number of aromatic nitrogens is 2. The van der Waals surface area contributed by atoms with Crippen LogP contribution in [0, 0.1) is 0 Å². The van der Waals surface area contributed by atoms with Crippen molar-refractivity contribution < 1.29 is 9.84 Å². The summed E-state index contributed by atoms with van der Waals surface area (Å²) >= 11 is 0. The van der Waals surface area contributed by atoms with Gasteiger partial charge in [-0.25, -0.2) is 9.97 Å². The van der Waals surface area contributed by atoms with Gasteiger partial charge in [0.15, 0.2) is 0 Å². The summed E-state index contributed by atoms with van der Waals surface area (Å²) in [6, 6.07) is 0.698. The molecule has 0 aromatic carbocycles. The Hall–Kier alpha value is -1.24. The monoisotopic (exact) mass is 264 g/mol. The molecule has 0 bridgehead atoms. The van der Waals surface area contributed by atoms with Gasteiger partial charge in [0.1, 0.15) is 0 Å². The molecule has 2 fully saturated rings. The summed E-state index contributed by atoms with van der Waals surface area (Å²) in [6.07, 6.45) is 6.20. The lowest BCUT2D eigenvalue weighted by atomic mass is 10.3. The van der Waals surface area contributed by atoms with Crippen LogP contribution in [0.2, 0.25) is 0 Å². The molecule has 1 aliphatic heterocycles. The smallest absolute Gasteiger partial charge is 0.225 e. The minimum atomic E-state index is -0.131. The molecular weight excluding hydrogens is 244 g/mol. The Balaban J connectivity index is 1.57. The van der Waals surface area contributed by atoms with Crippen LogP contribution in [0.3, 0.4) is 0 Å². The van der Waals surface area contributed by atoms with Crippen LogP contribution in [-0.2, 0) is 11.3 Å². The van der Waals surface area contributed by atoms with Crippen molar-refractivity contribution in [3.8, 4) is 0 Å². The van der Waals surface area contributed by atoms with Crippen LogP contribution in [0.25, 0.3) is 0 Å². The highest BCUT2D eigenvalue weighted by Gasteiger charge is 2.22. The number of hydrogen-bond donors (Lipinski definition) is 2. The van der Waals surface area contributed by atoms with Crippen molar-refractivity contribution in [2.24, 2.45) is 0 Å². The van der Waals surface area contributed by atoms with E-state index in [1.807, 2.05) is 12.4 Å². The Bertz CT molecular complexity index is 408. The molecule has 6 heteroatoms. The maximum atomic E-state index is 9.13. The molecule has 1 unspecified atom stereocenters. The molecule has 0 radical (unpaired) electrons. The summed E-state index contributed by atoms with van der Waals surface area (Å²) in [5.41, 5.74) is 1.11. The molecule has 1 saturated carbocycles. The third-order valence-corrected chi connectivity index (χ3v) is 3.49. The van der Waals surface area contributed by atoms with Gasteiger partial charge >= 0.3 is 0 Å². The first-order valence-electron chi connectivity index (χ1n) is 6.87. The van der Waals surface area contributed by atoms with Crippen molar-refractivity contribution in [1.29, 1.82) is 0 Å². The summed E-state index contributed by atoms with van der Waals surface area (Å²) in [5, 5.41) is 12.6. The summed E-state index contributed by atoms with van der Waals surface area (Å²) < 4.78 is 5.42. The molecular formula is C13H20N4O2. The maximum Gasteiger partial charge on any atom is 0.225 e. The van der Waals surface area contributed by atoms with Gasteiger partial charge in [0.25, 0.3) is 0 Å². The molecule has 2 N–H and O–H groups in total. The SMILES string of the molecule is OCC1CN(c2ncc(CNC3CC3)cn2)CCO1. The predicted molar refractivity (Wildman–Crippen MR) is 70.9 cm³/mol. The van der Waals surface area contributed by atoms with Gasteiger partial charge in [-0.1, -0.05) is 0 Å². The summed E-state index contributed by atoms with van der Waals surface area (Å²) in [5.74, 6) is 0.719. The van der Waals surface area contributed by atoms with Crippen molar-refractivity contribution in [3.63, 3.8) is 0 Å². The van der Waals surface area contributed by atoms with E-state index in [-0.39, 0.29) is 12.7 Å². The molecule has 0 amide bonds. The van der Waals surface area contributed by atoms with Crippen LogP contribution >= 0.6 is 0 Å². The predicted octanol–water partition coefficient (Wildman–Crippen LogP) is -0.0739. The third-order valence-electron chi connectivity index (χ3n) is 3.49. The van der Waals surface area contributed by atoms with Gasteiger partial charge in [0.2, 0.25) is 5.95 Å². The van der Waals surface area contributed by atoms with Crippen LogP contribution in [0.1, 0.15) is 18.4 Å². The van der Waals surface area contributed by atoms with Crippen molar-refractivity contribution in [3.05, 3.63) is 18.0 Å². The zero-order chi connectivity index (χ0) is 13.1. The fraction of sp³-hybridized carbons (Fsp3) is 0.692. The van der Waals surface area contributed by atoms with Crippen LogP contribution in [0.15, 0.2) is 12.4 Å². The van der Waals surface area contributed by atoms with E-state index in [2.05, 4.69) is 20.2 Å². The van der Waals surface area contributed by atoms with E-state index in [1.165, 1.54) is 12.8 Å². The van der Waals surface area contributed by atoms with Crippen LogP contribution in [0.5, 0.6) is 0 Å². The Kier molecular flexibility index (Phi) is 3.91.